The number of hydrogen-bond acceptors (Lipinski definition) is 1. The lowest BCUT2D eigenvalue weighted by Crippen LogP contribution is -2.05. The molecule has 0 bridgehead atoms. The van der Waals surface area contributed by atoms with Crippen molar-refractivity contribution in [2.75, 3.05) is 6.54 Å². The van der Waals surface area contributed by atoms with Gasteiger partial charge >= 0.3 is 0 Å². The Morgan fingerprint density at radius 1 is 1.40 bits per heavy atom. The van der Waals surface area contributed by atoms with E-state index >= 15 is 0 Å². The topological polar surface area (TPSA) is 26.0 Å². The van der Waals surface area contributed by atoms with Crippen LogP contribution in [0.25, 0.3) is 0 Å². The van der Waals surface area contributed by atoms with E-state index in [0.717, 1.165) is 24.3 Å². The van der Waals surface area contributed by atoms with Crippen LogP contribution in [-0.4, -0.2) is 6.54 Å². The molecule has 0 aromatic rings. The molecule has 1 saturated carbocycles. The SMILES string of the molecule is CC(C)[C@H]1[C@H](CN)C1(C)C. The first-order valence-electron chi connectivity index (χ1n) is 4.22. The van der Waals surface area contributed by atoms with Crippen LogP contribution in [0.1, 0.15) is 27.7 Å². The monoisotopic (exact) mass is 141 g/mol. The van der Waals surface area contributed by atoms with E-state index in [9.17, 15) is 0 Å². The molecule has 10 heavy (non-hydrogen) atoms. The highest BCUT2D eigenvalue weighted by molar-refractivity contribution is 5.06. The second-order valence-electron chi connectivity index (χ2n) is 4.43. The fourth-order valence-corrected chi connectivity index (χ4v) is 2.56. The van der Waals surface area contributed by atoms with Gasteiger partial charge in [0.1, 0.15) is 0 Å². The molecule has 0 amide bonds. The first kappa shape index (κ1) is 8.06. The first-order chi connectivity index (χ1) is 4.51. The average Bonchev–Trinajstić information content (AvgIpc) is 2.33. The molecule has 1 nitrogen and oxygen atoms in total. The van der Waals surface area contributed by atoms with Crippen LogP contribution in [-0.2, 0) is 0 Å². The fourth-order valence-electron chi connectivity index (χ4n) is 2.56. The van der Waals surface area contributed by atoms with Gasteiger partial charge in [0.15, 0.2) is 0 Å². The van der Waals surface area contributed by atoms with E-state index < -0.39 is 0 Å². The van der Waals surface area contributed by atoms with Crippen molar-refractivity contribution in [2.24, 2.45) is 28.9 Å². The Kier molecular flexibility index (Phi) is 1.80. The molecule has 1 aliphatic carbocycles. The van der Waals surface area contributed by atoms with Gasteiger partial charge in [-0.2, -0.15) is 0 Å². The van der Waals surface area contributed by atoms with Crippen molar-refractivity contribution < 1.29 is 0 Å². The number of hydrogen-bond donors (Lipinski definition) is 1. The molecule has 0 aliphatic heterocycles. The smallest absolute Gasteiger partial charge is 0.00407 e. The lowest BCUT2D eigenvalue weighted by molar-refractivity contribution is 0.451. The molecule has 1 heteroatoms. The molecule has 1 rings (SSSR count). The molecule has 1 fully saturated rings. The lowest BCUT2D eigenvalue weighted by Gasteiger charge is -2.04. The summed E-state index contributed by atoms with van der Waals surface area (Å²) in [5.41, 5.74) is 6.17. The van der Waals surface area contributed by atoms with Gasteiger partial charge in [0.25, 0.3) is 0 Å². The van der Waals surface area contributed by atoms with Crippen LogP contribution in [0.5, 0.6) is 0 Å². The van der Waals surface area contributed by atoms with E-state index in [2.05, 4.69) is 27.7 Å². The van der Waals surface area contributed by atoms with Crippen LogP contribution in [0.15, 0.2) is 0 Å². The molecule has 0 aromatic heterocycles. The molecule has 0 unspecified atom stereocenters. The zero-order valence-electron chi connectivity index (χ0n) is 7.52. The Morgan fingerprint density at radius 2 is 1.90 bits per heavy atom. The Hall–Kier alpha value is -0.0400. The van der Waals surface area contributed by atoms with Crippen LogP contribution in [0.2, 0.25) is 0 Å². The van der Waals surface area contributed by atoms with Gasteiger partial charge in [-0.15, -0.1) is 0 Å². The van der Waals surface area contributed by atoms with Crippen LogP contribution in [0, 0.1) is 23.2 Å². The standard InChI is InChI=1S/C9H19N/c1-6(2)8-7(5-10)9(8,3)4/h6-8H,5,10H2,1-4H3/t7-,8-/m0/s1. The van der Waals surface area contributed by atoms with Crippen LogP contribution >= 0.6 is 0 Å². The summed E-state index contributed by atoms with van der Waals surface area (Å²) in [6, 6.07) is 0. The molecule has 60 valence electrons. The van der Waals surface area contributed by atoms with E-state index in [-0.39, 0.29) is 0 Å². The van der Waals surface area contributed by atoms with Gasteiger partial charge in [-0.1, -0.05) is 27.7 Å². The molecule has 0 radical (unpaired) electrons. The maximum atomic E-state index is 5.64. The molecule has 1 aliphatic rings. The first-order valence-corrected chi connectivity index (χ1v) is 4.22. The largest absolute Gasteiger partial charge is 0.330 e. The van der Waals surface area contributed by atoms with Crippen molar-refractivity contribution in [1.29, 1.82) is 0 Å². The van der Waals surface area contributed by atoms with Crippen molar-refractivity contribution in [3.63, 3.8) is 0 Å². The van der Waals surface area contributed by atoms with Gasteiger partial charge < -0.3 is 5.73 Å². The van der Waals surface area contributed by atoms with Crippen molar-refractivity contribution in [1.82, 2.24) is 0 Å². The van der Waals surface area contributed by atoms with Gasteiger partial charge in [-0.3, -0.25) is 0 Å². The molecular formula is C9H19N. The van der Waals surface area contributed by atoms with E-state index in [4.69, 9.17) is 5.73 Å². The third-order valence-electron chi connectivity index (χ3n) is 3.11. The highest BCUT2D eigenvalue weighted by Crippen LogP contribution is 2.60. The van der Waals surface area contributed by atoms with Crippen LogP contribution < -0.4 is 5.73 Å². The third-order valence-corrected chi connectivity index (χ3v) is 3.11. The summed E-state index contributed by atoms with van der Waals surface area (Å²) in [6.45, 7) is 10.1. The summed E-state index contributed by atoms with van der Waals surface area (Å²) in [5.74, 6) is 2.47. The quantitative estimate of drug-likeness (QED) is 0.624. The van der Waals surface area contributed by atoms with E-state index in [1.807, 2.05) is 0 Å². The predicted molar refractivity (Wildman–Crippen MR) is 44.7 cm³/mol. The molecule has 0 heterocycles. The Morgan fingerprint density at radius 3 is 2.00 bits per heavy atom. The Bertz CT molecular complexity index is 127. The lowest BCUT2D eigenvalue weighted by atomic mass is 10.0. The van der Waals surface area contributed by atoms with E-state index in [1.165, 1.54) is 0 Å². The molecule has 0 aromatic carbocycles. The minimum atomic E-state index is 0.531. The van der Waals surface area contributed by atoms with Gasteiger partial charge in [0.2, 0.25) is 0 Å². The Balaban J connectivity index is 2.53. The summed E-state index contributed by atoms with van der Waals surface area (Å²) < 4.78 is 0. The fraction of sp³-hybridized carbons (Fsp3) is 1.00. The van der Waals surface area contributed by atoms with Crippen molar-refractivity contribution >= 4 is 0 Å². The number of nitrogens with two attached hydrogens (primary N) is 1. The second-order valence-corrected chi connectivity index (χ2v) is 4.43. The van der Waals surface area contributed by atoms with Gasteiger partial charge in [-0.05, 0) is 29.7 Å². The minimum Gasteiger partial charge on any atom is -0.330 e. The summed E-state index contributed by atoms with van der Waals surface area (Å²) in [5, 5.41) is 0. The zero-order valence-corrected chi connectivity index (χ0v) is 7.52. The highest BCUT2D eigenvalue weighted by Gasteiger charge is 2.57. The summed E-state index contributed by atoms with van der Waals surface area (Å²) in [4.78, 5) is 0. The van der Waals surface area contributed by atoms with Gasteiger partial charge in [-0.25, -0.2) is 0 Å². The maximum absolute atomic E-state index is 5.64. The summed E-state index contributed by atoms with van der Waals surface area (Å²) >= 11 is 0. The molecule has 0 spiro atoms. The maximum Gasteiger partial charge on any atom is -0.00407 e. The predicted octanol–water partition coefficient (Wildman–Crippen LogP) is 1.87. The van der Waals surface area contributed by atoms with E-state index in [1.54, 1.807) is 0 Å². The van der Waals surface area contributed by atoms with Crippen molar-refractivity contribution in [2.45, 2.75) is 27.7 Å². The zero-order chi connectivity index (χ0) is 7.94. The summed E-state index contributed by atoms with van der Waals surface area (Å²) in [7, 11) is 0. The Labute approximate surface area is 64.0 Å². The molecule has 2 N–H and O–H groups in total. The molecular weight excluding hydrogens is 122 g/mol. The van der Waals surface area contributed by atoms with Crippen LogP contribution in [0.4, 0.5) is 0 Å². The molecule has 2 atom stereocenters. The summed E-state index contributed by atoms with van der Waals surface area (Å²) in [6.07, 6.45) is 0. The van der Waals surface area contributed by atoms with Crippen LogP contribution in [0.3, 0.4) is 0 Å². The highest BCUT2D eigenvalue weighted by atomic mass is 14.7. The molecule has 0 saturated heterocycles. The van der Waals surface area contributed by atoms with Gasteiger partial charge in [0.05, 0.1) is 0 Å². The van der Waals surface area contributed by atoms with Crippen molar-refractivity contribution in [3.8, 4) is 0 Å². The average molecular weight is 141 g/mol. The third kappa shape index (κ3) is 0.968. The van der Waals surface area contributed by atoms with Gasteiger partial charge in [0, 0.05) is 0 Å². The van der Waals surface area contributed by atoms with Crippen molar-refractivity contribution in [3.05, 3.63) is 0 Å². The minimum absolute atomic E-state index is 0.531. The second kappa shape index (κ2) is 2.23. The normalized spacial score (nSPS) is 36.6. The van der Waals surface area contributed by atoms with E-state index in [0.29, 0.717) is 5.41 Å². The number of rotatable bonds is 2.